The first-order chi connectivity index (χ1) is 38.2. The van der Waals surface area contributed by atoms with Gasteiger partial charge in [0.05, 0.1) is 49.8 Å². The molecule has 4 bridgehead atoms. The number of allylic oxidation sites excluding steroid dienone is 3. The summed E-state index contributed by atoms with van der Waals surface area (Å²) in [6.45, 7) is 12.9. The summed E-state index contributed by atoms with van der Waals surface area (Å²) in [5, 5.41) is 19.4. The highest BCUT2D eigenvalue weighted by atomic mass is 35.5. The largest absolute Gasteiger partial charge is 0.495 e. The zero-order valence-electron chi connectivity index (χ0n) is 47.7. The second-order valence-corrected chi connectivity index (χ2v) is 25.2. The minimum absolute atomic E-state index is 0.0147. The average Bonchev–Trinajstić information content (AvgIpc) is 4.01. The Morgan fingerprint density at radius 3 is 2.47 bits per heavy atom. The standard InChI is InChI=1S/C56H74ClN7O15S2/c1-32-14-12-15-43(75-11)56(73)29-42(77-53(72)59-56)33(2)38-28-55(38,7)44(27-49(69)63(9)40-25-36(24-32)26-41(74-10)51(40)57)78-52(71)35(4)62(8)46(66)21-23-80-81-54(5,6)30-45(65)61-60-34(3)39-18-17-37(31-58-39)76-22-13-16-50(70)79-64-47(67)19-20-48(64)68/h12,14-15,17-18,25-26,31,33,35,38,42-44,73H,13,16,19-24,27-30H2,1-11H3,(H,59,72)(H,61,65)/b15-12+,32-14+,60-34-/t33-,35-,38-,42-,43+,44-,55-,56-/m0/s1. The van der Waals surface area contributed by atoms with Gasteiger partial charge in [0.2, 0.25) is 17.7 Å². The van der Waals surface area contributed by atoms with Gasteiger partial charge in [-0.2, -0.15) is 5.10 Å². The van der Waals surface area contributed by atoms with Gasteiger partial charge in [0.25, 0.3) is 11.8 Å². The number of imide groups is 1. The van der Waals surface area contributed by atoms with Crippen molar-refractivity contribution >= 4 is 92.2 Å². The first-order valence-corrected chi connectivity index (χ1v) is 29.3. The molecule has 4 heterocycles. The molecular weight excluding hydrogens is 1110 g/mol. The number of nitrogens with zero attached hydrogens (tertiary/aromatic N) is 5. The zero-order chi connectivity index (χ0) is 59.6. The van der Waals surface area contributed by atoms with Crippen LogP contribution in [0.25, 0.3) is 0 Å². The van der Waals surface area contributed by atoms with Crippen LogP contribution in [0.5, 0.6) is 11.5 Å². The number of carbonyl (C=O) groups is 8. The average molecular weight is 1180 g/mol. The molecule has 3 fully saturated rings. The number of hydrogen-bond acceptors (Lipinski definition) is 19. The topological polar surface area (TPSA) is 271 Å². The molecule has 4 aliphatic rings. The molecule has 442 valence electrons. The summed E-state index contributed by atoms with van der Waals surface area (Å²) in [4.78, 5) is 116. The van der Waals surface area contributed by atoms with Crippen molar-refractivity contribution in [2.45, 2.75) is 148 Å². The number of benzene rings is 1. The zero-order valence-corrected chi connectivity index (χ0v) is 50.1. The third-order valence-electron chi connectivity index (χ3n) is 15.0. The number of hydroxylamine groups is 2. The Labute approximate surface area is 485 Å². The maximum atomic E-state index is 14.4. The molecular formula is C56H74ClN7O15S2. The van der Waals surface area contributed by atoms with Crippen molar-refractivity contribution in [3.8, 4) is 11.5 Å². The molecule has 1 aromatic heterocycles. The Morgan fingerprint density at radius 2 is 1.80 bits per heavy atom. The summed E-state index contributed by atoms with van der Waals surface area (Å²) in [5.41, 5.74) is 2.98. The normalized spacial score (nSPS) is 25.8. The maximum Gasteiger partial charge on any atom is 0.409 e. The monoisotopic (exact) mass is 1180 g/mol. The number of ether oxygens (including phenoxy) is 5. The van der Waals surface area contributed by atoms with Crippen LogP contribution in [0.1, 0.15) is 118 Å². The molecule has 1 aliphatic carbocycles. The van der Waals surface area contributed by atoms with Crippen LogP contribution < -0.4 is 25.1 Å². The predicted octanol–water partition coefficient (Wildman–Crippen LogP) is 7.03. The highest BCUT2D eigenvalue weighted by molar-refractivity contribution is 8.77. The molecule has 3 aliphatic heterocycles. The van der Waals surface area contributed by atoms with E-state index in [1.54, 1.807) is 57.3 Å². The lowest BCUT2D eigenvalue weighted by Gasteiger charge is -2.42. The van der Waals surface area contributed by atoms with Crippen LogP contribution in [0.4, 0.5) is 10.5 Å². The van der Waals surface area contributed by atoms with Gasteiger partial charge in [-0.3, -0.25) is 34.3 Å². The van der Waals surface area contributed by atoms with Crippen LogP contribution in [0.15, 0.2) is 59.4 Å². The van der Waals surface area contributed by atoms with Gasteiger partial charge in [-0.25, -0.2) is 19.8 Å². The lowest BCUT2D eigenvalue weighted by molar-refractivity contribution is -0.197. The number of rotatable bonds is 20. The Bertz CT molecular complexity index is 2780. The molecule has 25 heteroatoms. The summed E-state index contributed by atoms with van der Waals surface area (Å²) in [6, 6.07) is 5.87. The van der Waals surface area contributed by atoms with Crippen LogP contribution >= 0.6 is 33.2 Å². The van der Waals surface area contributed by atoms with E-state index in [0.29, 0.717) is 52.2 Å². The fourth-order valence-corrected chi connectivity index (χ4v) is 12.6. The van der Waals surface area contributed by atoms with Crippen LogP contribution in [0.3, 0.4) is 0 Å². The summed E-state index contributed by atoms with van der Waals surface area (Å²) >= 11 is 6.85. The third-order valence-corrected chi connectivity index (χ3v) is 18.6. The van der Waals surface area contributed by atoms with Gasteiger partial charge < -0.3 is 43.4 Å². The van der Waals surface area contributed by atoms with E-state index in [-0.39, 0.29) is 86.6 Å². The molecule has 3 N–H and O–H groups in total. The number of nitrogens with one attached hydrogen (secondary N) is 2. The Morgan fingerprint density at radius 1 is 1.09 bits per heavy atom. The molecule has 0 unspecified atom stereocenters. The van der Waals surface area contributed by atoms with Gasteiger partial charge in [0, 0.05) is 69.2 Å². The molecule has 1 saturated carbocycles. The number of hydrogen-bond donors (Lipinski definition) is 3. The SMILES string of the molecule is COc1cc2cc(c1Cl)N(C)C(=O)C[C@H](OC(=O)[C@H](C)N(C)C(=O)CCSSC(C)(C)CC(=O)N/N=C(/C)c1ccc(OCCCC(=O)ON3C(=O)CCC3=O)cn1)[C@@]1(C)C[C@H]1[C@H](C)[C@@H]1C[C@@](O)(NC(=O)O1)[C@H](OC)/C=C/C=C(\C)C2. The molecule has 8 atom stereocenters. The number of anilines is 1. The van der Waals surface area contributed by atoms with Crippen molar-refractivity contribution in [2.75, 3.05) is 45.6 Å². The number of carbonyl (C=O) groups excluding carboxylic acids is 8. The molecule has 81 heavy (non-hydrogen) atoms. The Kier molecular flexibility index (Phi) is 21.9. The molecule has 0 spiro atoms. The quantitative estimate of drug-likeness (QED) is 0.0300. The highest BCUT2D eigenvalue weighted by Crippen LogP contribution is 2.61. The molecule has 2 aromatic rings. The number of aromatic nitrogens is 1. The van der Waals surface area contributed by atoms with Crippen molar-refractivity contribution in [1.82, 2.24) is 25.7 Å². The number of aliphatic hydroxyl groups is 1. The molecule has 2 saturated heterocycles. The van der Waals surface area contributed by atoms with E-state index < -0.39 is 76.0 Å². The number of hydrazone groups is 1. The first kappa shape index (κ1) is 64.0. The number of amides is 6. The van der Waals surface area contributed by atoms with Crippen LogP contribution in [0, 0.1) is 17.3 Å². The first-order valence-electron chi connectivity index (χ1n) is 26.7. The summed E-state index contributed by atoms with van der Waals surface area (Å²) in [7, 11) is 8.87. The molecule has 1 aromatic carbocycles. The maximum absolute atomic E-state index is 14.4. The summed E-state index contributed by atoms with van der Waals surface area (Å²) in [6.07, 6.45) is 4.28. The van der Waals surface area contributed by atoms with Crippen LogP contribution in [0.2, 0.25) is 5.02 Å². The van der Waals surface area contributed by atoms with Crippen molar-refractivity contribution in [2.24, 2.45) is 22.4 Å². The third kappa shape index (κ3) is 16.7. The Balaban J connectivity index is 1.02. The van der Waals surface area contributed by atoms with Crippen molar-refractivity contribution in [1.29, 1.82) is 0 Å². The lowest BCUT2D eigenvalue weighted by Crippen LogP contribution is -2.63. The van der Waals surface area contributed by atoms with E-state index in [1.807, 2.05) is 40.7 Å². The number of esters is 1. The van der Waals surface area contributed by atoms with Gasteiger partial charge in [0.1, 0.15) is 40.9 Å². The van der Waals surface area contributed by atoms with Gasteiger partial charge in [0.15, 0.2) is 5.72 Å². The Hall–Kier alpha value is -6.21. The minimum atomic E-state index is -1.82. The van der Waals surface area contributed by atoms with Crippen molar-refractivity contribution in [3.05, 3.63) is 70.5 Å². The second kappa shape index (κ2) is 27.7. The van der Waals surface area contributed by atoms with Crippen molar-refractivity contribution < 1.29 is 72.0 Å². The fraction of sp³-hybridized carbons (Fsp3) is 0.571. The number of halogens is 1. The highest BCUT2D eigenvalue weighted by Gasteiger charge is 2.62. The number of fused-ring (bicyclic) bond motifs is 5. The van der Waals surface area contributed by atoms with E-state index >= 15 is 0 Å². The van der Waals surface area contributed by atoms with E-state index in [1.165, 1.54) is 58.9 Å². The van der Waals surface area contributed by atoms with Crippen molar-refractivity contribution in [3.63, 3.8) is 0 Å². The number of alkyl carbamates (subject to hydrolysis) is 1. The van der Waals surface area contributed by atoms with Gasteiger partial charge in [-0.05, 0) is 95.5 Å². The van der Waals surface area contributed by atoms with Gasteiger partial charge in [-0.15, -0.1) is 5.06 Å². The number of pyridine rings is 1. The lowest BCUT2D eigenvalue weighted by atomic mass is 9.83. The molecule has 6 amide bonds. The minimum Gasteiger partial charge on any atom is -0.495 e. The van der Waals surface area contributed by atoms with E-state index in [2.05, 4.69) is 20.8 Å². The molecule has 0 radical (unpaired) electrons. The van der Waals surface area contributed by atoms with Crippen LogP contribution in [-0.4, -0.2) is 149 Å². The van der Waals surface area contributed by atoms with E-state index in [4.69, 9.17) is 40.1 Å². The van der Waals surface area contributed by atoms with Crippen LogP contribution in [-0.2, 0) is 59.0 Å². The predicted molar refractivity (Wildman–Crippen MR) is 304 cm³/mol. The number of methoxy groups -OCH3 is 2. The number of likely N-dealkylation sites (N-methyl/N-ethyl adjacent to an activating group) is 1. The molecule has 22 nitrogen and oxygen atoms in total. The summed E-state index contributed by atoms with van der Waals surface area (Å²) < 4.78 is 28.5. The van der Waals surface area contributed by atoms with Gasteiger partial charge in [-0.1, -0.05) is 70.8 Å². The van der Waals surface area contributed by atoms with Gasteiger partial charge >= 0.3 is 18.0 Å². The molecule has 6 rings (SSSR count). The van der Waals surface area contributed by atoms with E-state index in [9.17, 15) is 43.5 Å². The smallest absolute Gasteiger partial charge is 0.409 e. The van der Waals surface area contributed by atoms with E-state index in [0.717, 1.165) is 11.1 Å². The second-order valence-electron chi connectivity index (χ2n) is 21.7. The fourth-order valence-electron chi connectivity index (χ4n) is 9.83. The summed E-state index contributed by atoms with van der Waals surface area (Å²) in [5.74, 6) is -3.05.